The molecular formula is C23H29ClN4O3. The minimum Gasteiger partial charge on any atom is -0.455 e. The average Bonchev–Trinajstić information content (AvgIpc) is 3.08. The van der Waals surface area contributed by atoms with Crippen LogP contribution >= 0.6 is 11.6 Å². The zero-order chi connectivity index (χ0) is 22.3. The van der Waals surface area contributed by atoms with Gasteiger partial charge in [0.1, 0.15) is 5.60 Å². The van der Waals surface area contributed by atoms with Gasteiger partial charge < -0.3 is 10.1 Å². The second kappa shape index (κ2) is 8.26. The molecular weight excluding hydrogens is 416 g/mol. The van der Waals surface area contributed by atoms with Gasteiger partial charge >= 0.3 is 5.97 Å². The normalized spacial score (nSPS) is 25.6. The van der Waals surface area contributed by atoms with Crippen LogP contribution in [0.4, 0.5) is 0 Å². The summed E-state index contributed by atoms with van der Waals surface area (Å²) in [6, 6.07) is 7.36. The molecule has 1 N–H and O–H groups in total. The number of rotatable bonds is 6. The lowest BCUT2D eigenvalue weighted by Gasteiger charge is -2.21. The molecule has 0 aliphatic heterocycles. The minimum absolute atomic E-state index is 0.0525. The summed E-state index contributed by atoms with van der Waals surface area (Å²) in [4.78, 5) is 24.8. The summed E-state index contributed by atoms with van der Waals surface area (Å²) in [6.45, 7) is 7.60. The summed E-state index contributed by atoms with van der Waals surface area (Å²) in [5, 5.41) is 12.0. The SMILES string of the molecule is CCC(NC(=O)c1ccc(Cl)cc1)C1C2CC(n3cc(C(=O)OC(C)(C)C)nn3)CC21. The Kier molecular flexibility index (Phi) is 5.81. The summed E-state index contributed by atoms with van der Waals surface area (Å²) in [5.41, 5.74) is 0.312. The number of carbonyl (C=O) groups is 2. The number of esters is 1. The van der Waals surface area contributed by atoms with Crippen LogP contribution in [0.3, 0.4) is 0 Å². The second-order valence-corrected chi connectivity index (χ2v) is 10.0. The number of ether oxygens (including phenoxy) is 1. The Balaban J connectivity index is 1.33. The van der Waals surface area contributed by atoms with Crippen molar-refractivity contribution in [1.82, 2.24) is 20.3 Å². The van der Waals surface area contributed by atoms with Gasteiger partial charge in [-0.3, -0.25) is 4.79 Å². The largest absolute Gasteiger partial charge is 0.455 e. The van der Waals surface area contributed by atoms with Gasteiger partial charge in [0.05, 0.1) is 12.2 Å². The first-order valence-corrected chi connectivity index (χ1v) is 11.3. The molecule has 1 amide bonds. The summed E-state index contributed by atoms with van der Waals surface area (Å²) < 4.78 is 7.17. The van der Waals surface area contributed by atoms with Crippen molar-refractivity contribution in [1.29, 1.82) is 0 Å². The van der Waals surface area contributed by atoms with Crippen molar-refractivity contribution < 1.29 is 14.3 Å². The molecule has 0 saturated heterocycles. The van der Waals surface area contributed by atoms with Crippen molar-refractivity contribution >= 4 is 23.5 Å². The molecule has 8 heteroatoms. The fourth-order valence-electron chi connectivity index (χ4n) is 4.88. The lowest BCUT2D eigenvalue weighted by molar-refractivity contribution is 0.00625. The van der Waals surface area contributed by atoms with Crippen molar-refractivity contribution in [3.8, 4) is 0 Å². The number of aromatic nitrogens is 3. The molecule has 31 heavy (non-hydrogen) atoms. The van der Waals surface area contributed by atoms with Gasteiger partial charge in [-0.2, -0.15) is 0 Å². The van der Waals surface area contributed by atoms with E-state index in [4.69, 9.17) is 16.3 Å². The van der Waals surface area contributed by atoms with Crippen molar-refractivity contribution in [3.63, 3.8) is 0 Å². The number of halogens is 1. The molecule has 4 rings (SSSR count). The Morgan fingerprint density at radius 3 is 2.45 bits per heavy atom. The molecule has 2 saturated carbocycles. The van der Waals surface area contributed by atoms with E-state index >= 15 is 0 Å². The lowest BCUT2D eigenvalue weighted by atomic mass is 9.99. The summed E-state index contributed by atoms with van der Waals surface area (Å²) in [7, 11) is 0. The van der Waals surface area contributed by atoms with E-state index in [9.17, 15) is 9.59 Å². The first-order chi connectivity index (χ1) is 14.7. The fourth-order valence-corrected chi connectivity index (χ4v) is 5.00. The Morgan fingerprint density at radius 2 is 1.87 bits per heavy atom. The molecule has 2 aliphatic carbocycles. The Morgan fingerprint density at radius 1 is 1.23 bits per heavy atom. The van der Waals surface area contributed by atoms with Gasteiger partial charge in [-0.15, -0.1) is 5.10 Å². The molecule has 0 spiro atoms. The van der Waals surface area contributed by atoms with Crippen LogP contribution in [0.2, 0.25) is 5.02 Å². The average molecular weight is 445 g/mol. The standard InChI is InChI=1S/C23H29ClN4O3/c1-5-18(25-21(29)13-6-8-14(24)9-7-13)20-16-10-15(11-17(16)20)28-12-19(26-27-28)22(30)31-23(2,3)4/h6-9,12,15-18,20H,5,10-11H2,1-4H3,(H,25,29). The van der Waals surface area contributed by atoms with E-state index in [2.05, 4.69) is 22.6 Å². The molecule has 2 fully saturated rings. The zero-order valence-electron chi connectivity index (χ0n) is 18.3. The lowest BCUT2D eigenvalue weighted by Crippen LogP contribution is -2.37. The number of carbonyl (C=O) groups excluding carboxylic acids is 2. The highest BCUT2D eigenvalue weighted by atomic mass is 35.5. The fraction of sp³-hybridized carbons (Fsp3) is 0.565. The van der Waals surface area contributed by atoms with Crippen LogP contribution in [0.25, 0.3) is 0 Å². The van der Waals surface area contributed by atoms with E-state index in [1.165, 1.54) is 0 Å². The van der Waals surface area contributed by atoms with Crippen LogP contribution in [0.1, 0.15) is 73.8 Å². The van der Waals surface area contributed by atoms with Crippen LogP contribution in [0.5, 0.6) is 0 Å². The first kappa shape index (κ1) is 21.8. The van der Waals surface area contributed by atoms with Gasteiger partial charge in [0.2, 0.25) is 0 Å². The van der Waals surface area contributed by atoms with Gasteiger partial charge in [0.15, 0.2) is 5.69 Å². The first-order valence-electron chi connectivity index (χ1n) is 10.9. The highest BCUT2D eigenvalue weighted by Crippen LogP contribution is 2.62. The summed E-state index contributed by atoms with van der Waals surface area (Å²) in [5.74, 6) is 1.12. The van der Waals surface area contributed by atoms with E-state index in [1.807, 2.05) is 20.8 Å². The van der Waals surface area contributed by atoms with Gasteiger partial charge in [0.25, 0.3) is 5.91 Å². The quantitative estimate of drug-likeness (QED) is 0.671. The van der Waals surface area contributed by atoms with E-state index in [0.29, 0.717) is 28.3 Å². The number of amides is 1. The minimum atomic E-state index is -0.561. The number of nitrogens with one attached hydrogen (secondary N) is 1. The molecule has 2 aliphatic rings. The third kappa shape index (κ3) is 4.76. The zero-order valence-corrected chi connectivity index (χ0v) is 19.1. The van der Waals surface area contributed by atoms with Crippen LogP contribution in [-0.4, -0.2) is 38.5 Å². The Bertz CT molecular complexity index is 954. The highest BCUT2D eigenvalue weighted by molar-refractivity contribution is 6.30. The molecule has 3 unspecified atom stereocenters. The third-order valence-electron chi connectivity index (χ3n) is 6.31. The molecule has 0 bridgehead atoms. The third-order valence-corrected chi connectivity index (χ3v) is 6.56. The van der Waals surface area contributed by atoms with E-state index in [-0.39, 0.29) is 23.7 Å². The molecule has 1 aromatic heterocycles. The smallest absolute Gasteiger partial charge is 0.361 e. The highest BCUT2D eigenvalue weighted by Gasteiger charge is 2.59. The van der Waals surface area contributed by atoms with Gasteiger partial charge in [0, 0.05) is 16.6 Å². The maximum absolute atomic E-state index is 12.6. The number of hydrogen-bond acceptors (Lipinski definition) is 5. The predicted octanol–water partition coefficient (Wildman–Crippen LogP) is 4.29. The Labute approximate surface area is 187 Å². The van der Waals surface area contributed by atoms with Crippen molar-refractivity contribution in [2.45, 2.75) is 64.6 Å². The maximum atomic E-state index is 12.6. The van der Waals surface area contributed by atoms with Gasteiger partial charge in [-0.1, -0.05) is 23.7 Å². The molecule has 0 radical (unpaired) electrons. The number of nitrogens with zero attached hydrogens (tertiary/aromatic N) is 3. The summed E-state index contributed by atoms with van der Waals surface area (Å²) >= 11 is 5.92. The van der Waals surface area contributed by atoms with Gasteiger partial charge in [-0.05, 0) is 82.1 Å². The van der Waals surface area contributed by atoms with Gasteiger partial charge in [-0.25, -0.2) is 9.48 Å². The maximum Gasteiger partial charge on any atom is 0.361 e. The molecule has 7 nitrogen and oxygen atoms in total. The number of fused-ring (bicyclic) bond motifs is 1. The van der Waals surface area contributed by atoms with Crippen molar-refractivity contribution in [2.75, 3.05) is 0 Å². The number of hydrogen-bond donors (Lipinski definition) is 1. The molecule has 1 heterocycles. The van der Waals surface area contributed by atoms with Crippen LogP contribution in [-0.2, 0) is 4.74 Å². The van der Waals surface area contributed by atoms with E-state index in [1.54, 1.807) is 35.1 Å². The van der Waals surface area contributed by atoms with Crippen LogP contribution in [0.15, 0.2) is 30.5 Å². The topological polar surface area (TPSA) is 86.1 Å². The predicted molar refractivity (Wildman–Crippen MR) is 117 cm³/mol. The summed E-state index contributed by atoms with van der Waals surface area (Å²) in [6.07, 6.45) is 4.56. The van der Waals surface area contributed by atoms with Crippen molar-refractivity contribution in [3.05, 3.63) is 46.7 Å². The molecule has 2 aromatic rings. The second-order valence-electron chi connectivity index (χ2n) is 9.61. The number of benzene rings is 1. The molecule has 1 aromatic carbocycles. The monoisotopic (exact) mass is 444 g/mol. The Hall–Kier alpha value is -2.41. The van der Waals surface area contributed by atoms with Crippen molar-refractivity contribution in [2.24, 2.45) is 17.8 Å². The van der Waals surface area contributed by atoms with Crippen LogP contribution < -0.4 is 5.32 Å². The molecule has 3 atom stereocenters. The van der Waals surface area contributed by atoms with E-state index in [0.717, 1.165) is 19.3 Å². The van der Waals surface area contributed by atoms with Crippen LogP contribution in [0, 0.1) is 17.8 Å². The van der Waals surface area contributed by atoms with E-state index < -0.39 is 11.6 Å². The molecule has 166 valence electrons.